The molecule has 0 spiro atoms. The number of para-hydroxylation sites is 1. The van der Waals surface area contributed by atoms with Gasteiger partial charge in [-0.3, -0.25) is 9.69 Å². The minimum absolute atomic E-state index is 0.0548. The number of nitrogens with zero attached hydrogens (tertiary/aromatic N) is 1. The molecule has 2 aliphatic rings. The molecule has 0 aromatic heterocycles. The van der Waals surface area contributed by atoms with Gasteiger partial charge in [0.25, 0.3) is 5.91 Å². The second-order valence-electron chi connectivity index (χ2n) is 6.76. The molecule has 0 aliphatic carbocycles. The van der Waals surface area contributed by atoms with E-state index in [0.29, 0.717) is 19.7 Å². The molecule has 3 N–H and O–H groups in total. The topological polar surface area (TPSA) is 67.5 Å². The summed E-state index contributed by atoms with van der Waals surface area (Å²) in [6.07, 6.45) is 0. The van der Waals surface area contributed by atoms with Gasteiger partial charge >= 0.3 is 6.03 Å². The Balaban J connectivity index is 1.39. The van der Waals surface area contributed by atoms with E-state index in [9.17, 15) is 9.59 Å². The first-order valence-electron chi connectivity index (χ1n) is 9.10. The fourth-order valence-electron chi connectivity index (χ4n) is 3.53. The predicted molar refractivity (Wildman–Crippen MR) is 92.8 cm³/mol. The molecule has 7 heteroatoms. The van der Waals surface area contributed by atoms with Crippen molar-refractivity contribution in [3.63, 3.8) is 0 Å². The van der Waals surface area contributed by atoms with Crippen LogP contribution in [-0.2, 0) is 4.79 Å². The quantitative estimate of drug-likeness (QED) is 0.546. The summed E-state index contributed by atoms with van der Waals surface area (Å²) in [6.45, 7) is 8.61. The minimum Gasteiger partial charge on any atom is -0.488 e. The van der Waals surface area contributed by atoms with Gasteiger partial charge in [-0.2, -0.15) is 0 Å². The monoisotopic (exact) mass is 348 g/mol. The lowest BCUT2D eigenvalue weighted by Gasteiger charge is -2.33. The van der Waals surface area contributed by atoms with Crippen LogP contribution in [0.15, 0.2) is 30.3 Å². The molecule has 3 amide bonds. The van der Waals surface area contributed by atoms with Crippen LogP contribution in [0.5, 0.6) is 5.75 Å². The lowest BCUT2D eigenvalue weighted by Crippen LogP contribution is -3.30. The summed E-state index contributed by atoms with van der Waals surface area (Å²) >= 11 is 0. The van der Waals surface area contributed by atoms with Crippen molar-refractivity contribution in [3.8, 4) is 5.75 Å². The van der Waals surface area contributed by atoms with Gasteiger partial charge in [0.1, 0.15) is 45.1 Å². The van der Waals surface area contributed by atoms with Crippen LogP contribution < -0.4 is 19.9 Å². The normalized spacial score (nSPS) is 24.7. The maximum atomic E-state index is 12.5. The maximum absolute atomic E-state index is 12.5. The molecule has 1 atom stereocenters. The van der Waals surface area contributed by atoms with Gasteiger partial charge in [0, 0.05) is 13.1 Å². The van der Waals surface area contributed by atoms with E-state index < -0.39 is 0 Å². The van der Waals surface area contributed by atoms with Gasteiger partial charge in [0.05, 0.1) is 0 Å². The molecule has 3 rings (SSSR count). The highest BCUT2D eigenvalue weighted by Gasteiger charge is 2.37. The van der Waals surface area contributed by atoms with Gasteiger partial charge in [-0.1, -0.05) is 18.2 Å². The molecule has 0 bridgehead atoms. The molecule has 0 radical (unpaired) electrons. The summed E-state index contributed by atoms with van der Waals surface area (Å²) in [7, 11) is 0. The number of carbonyl (C=O) groups is 2. The smallest absolute Gasteiger partial charge is 0.324 e. The zero-order chi connectivity index (χ0) is 17.6. The summed E-state index contributed by atoms with van der Waals surface area (Å²) in [5, 5.41) is 2.69. The van der Waals surface area contributed by atoms with Gasteiger partial charge in [-0.05, 0) is 19.1 Å². The highest BCUT2D eigenvalue weighted by atomic mass is 16.5. The fraction of sp³-hybridized carbons (Fsp3) is 0.556. The lowest BCUT2D eigenvalue weighted by atomic mass is 10.2. The van der Waals surface area contributed by atoms with E-state index in [1.807, 2.05) is 37.3 Å². The van der Waals surface area contributed by atoms with Crippen molar-refractivity contribution in [3.05, 3.63) is 30.3 Å². The molecule has 0 unspecified atom stereocenters. The number of quaternary nitrogens is 2. The minimum atomic E-state index is -0.251. The van der Waals surface area contributed by atoms with Gasteiger partial charge in [-0.15, -0.1) is 0 Å². The first kappa shape index (κ1) is 17.7. The first-order valence-corrected chi connectivity index (χ1v) is 9.10. The van der Waals surface area contributed by atoms with Crippen LogP contribution in [0.2, 0.25) is 0 Å². The molecular weight excluding hydrogens is 320 g/mol. The highest BCUT2D eigenvalue weighted by molar-refractivity contribution is 5.97. The number of nitrogens with one attached hydrogen (secondary N) is 3. The molecule has 0 saturated carbocycles. The van der Waals surface area contributed by atoms with E-state index in [0.717, 1.165) is 38.5 Å². The Morgan fingerprint density at radius 1 is 1.24 bits per heavy atom. The van der Waals surface area contributed by atoms with Crippen molar-refractivity contribution >= 4 is 11.9 Å². The van der Waals surface area contributed by atoms with E-state index in [2.05, 4.69) is 5.32 Å². The zero-order valence-electron chi connectivity index (χ0n) is 14.8. The average Bonchev–Trinajstić information content (AvgIpc) is 3.08. The lowest BCUT2D eigenvalue weighted by molar-refractivity contribution is -1.02. The zero-order valence-corrected chi connectivity index (χ0v) is 14.8. The maximum Gasteiger partial charge on any atom is 0.324 e. The van der Waals surface area contributed by atoms with E-state index >= 15 is 0 Å². The molecule has 2 fully saturated rings. The number of hydrogen-bond acceptors (Lipinski definition) is 3. The van der Waals surface area contributed by atoms with E-state index in [1.165, 1.54) is 14.7 Å². The number of hydrogen-bond donors (Lipinski definition) is 3. The number of rotatable bonds is 6. The van der Waals surface area contributed by atoms with Crippen LogP contribution in [0, 0.1) is 0 Å². The molecule has 1 aromatic rings. The van der Waals surface area contributed by atoms with Crippen molar-refractivity contribution in [2.24, 2.45) is 0 Å². The Bertz CT molecular complexity index is 587. The predicted octanol–water partition coefficient (Wildman–Crippen LogP) is -2.21. The summed E-state index contributed by atoms with van der Waals surface area (Å²) in [6, 6.07) is 9.46. The molecule has 2 aliphatic heterocycles. The number of ether oxygens (including phenoxy) is 1. The summed E-state index contributed by atoms with van der Waals surface area (Å²) < 4.78 is 5.77. The SMILES string of the molecule is C[C@@H](C(=O)N1CCNC1=O)[NH+]1CC[NH+](CCOc2ccccc2)CC1. The number of urea groups is 1. The van der Waals surface area contributed by atoms with E-state index in [4.69, 9.17) is 4.74 Å². The molecule has 1 aromatic carbocycles. The first-order chi connectivity index (χ1) is 12.1. The van der Waals surface area contributed by atoms with Crippen LogP contribution in [-0.4, -0.2) is 75.3 Å². The summed E-state index contributed by atoms with van der Waals surface area (Å²) in [5.41, 5.74) is 0. The second-order valence-corrected chi connectivity index (χ2v) is 6.76. The van der Waals surface area contributed by atoms with Crippen LogP contribution >= 0.6 is 0 Å². The van der Waals surface area contributed by atoms with Gasteiger partial charge < -0.3 is 19.9 Å². The Morgan fingerprint density at radius 3 is 2.60 bits per heavy atom. The Hall–Kier alpha value is -2.12. The Morgan fingerprint density at radius 2 is 1.96 bits per heavy atom. The molecule has 7 nitrogen and oxygen atoms in total. The van der Waals surface area contributed by atoms with Crippen molar-refractivity contribution in [1.82, 2.24) is 10.2 Å². The highest BCUT2D eigenvalue weighted by Crippen LogP contribution is 2.07. The number of amides is 3. The Kier molecular flexibility index (Phi) is 5.88. The largest absolute Gasteiger partial charge is 0.488 e. The summed E-state index contributed by atoms with van der Waals surface area (Å²) in [5.74, 6) is 0.857. The van der Waals surface area contributed by atoms with E-state index in [1.54, 1.807) is 0 Å². The Labute approximate surface area is 148 Å². The number of carbonyl (C=O) groups excluding carboxylic acids is 2. The average molecular weight is 348 g/mol. The van der Waals surface area contributed by atoms with Crippen LogP contribution in [0.4, 0.5) is 4.79 Å². The molecule has 136 valence electrons. The number of piperazine rings is 1. The van der Waals surface area contributed by atoms with Crippen molar-refractivity contribution in [1.29, 1.82) is 0 Å². The van der Waals surface area contributed by atoms with E-state index in [-0.39, 0.29) is 18.0 Å². The van der Waals surface area contributed by atoms with Gasteiger partial charge in [0.2, 0.25) is 0 Å². The van der Waals surface area contributed by atoms with Gasteiger partial charge in [-0.25, -0.2) is 4.79 Å². The van der Waals surface area contributed by atoms with Crippen molar-refractivity contribution in [2.45, 2.75) is 13.0 Å². The third-order valence-corrected chi connectivity index (χ3v) is 5.17. The molecule has 2 heterocycles. The van der Waals surface area contributed by atoms with Crippen molar-refractivity contribution < 1.29 is 24.1 Å². The van der Waals surface area contributed by atoms with Gasteiger partial charge in [0.15, 0.2) is 6.04 Å². The molecule has 25 heavy (non-hydrogen) atoms. The van der Waals surface area contributed by atoms with Crippen LogP contribution in [0.25, 0.3) is 0 Å². The third-order valence-electron chi connectivity index (χ3n) is 5.17. The van der Waals surface area contributed by atoms with Crippen LogP contribution in [0.3, 0.4) is 0 Å². The number of benzene rings is 1. The fourth-order valence-corrected chi connectivity index (χ4v) is 3.53. The third kappa shape index (κ3) is 4.49. The standard InChI is InChI=1S/C18H26N4O3/c1-15(17(23)22-8-7-19-18(22)24)21-11-9-20(10-12-21)13-14-25-16-5-3-2-4-6-16/h2-6,15H,7-14H2,1H3,(H,19,24)/p+2/t15-/m0/s1. The molecule has 2 saturated heterocycles. The molecular formula is C18H28N4O3+2. The summed E-state index contributed by atoms with van der Waals surface area (Å²) in [4.78, 5) is 28.3. The van der Waals surface area contributed by atoms with Crippen LogP contribution in [0.1, 0.15) is 6.92 Å². The number of imide groups is 1. The second kappa shape index (κ2) is 8.31. The van der Waals surface area contributed by atoms with Crippen molar-refractivity contribution in [2.75, 3.05) is 52.4 Å².